The Morgan fingerprint density at radius 2 is 1.66 bits per heavy atom. The molecule has 7 heteroatoms. The van der Waals surface area contributed by atoms with Gasteiger partial charge < -0.3 is 25.2 Å². The van der Waals surface area contributed by atoms with Crippen molar-refractivity contribution >= 4 is 12.0 Å². The van der Waals surface area contributed by atoms with Gasteiger partial charge in [0.15, 0.2) is 0 Å². The number of ether oxygens (including phenoxy) is 2. The van der Waals surface area contributed by atoms with Crippen molar-refractivity contribution in [2.24, 2.45) is 0 Å². The minimum atomic E-state index is -1.08. The number of amides is 2. The number of carbonyl (C=O) groups is 2. The third kappa shape index (κ3) is 8.23. The maximum absolute atomic E-state index is 12.2. The highest BCUT2D eigenvalue weighted by Crippen LogP contribution is 2.14. The van der Waals surface area contributed by atoms with Crippen molar-refractivity contribution in [3.05, 3.63) is 65.7 Å². The van der Waals surface area contributed by atoms with Gasteiger partial charge in [-0.3, -0.25) is 4.79 Å². The van der Waals surface area contributed by atoms with Crippen molar-refractivity contribution in [3.8, 4) is 5.75 Å². The van der Waals surface area contributed by atoms with Gasteiger partial charge in [-0.1, -0.05) is 42.5 Å². The molecule has 7 nitrogen and oxygen atoms in total. The van der Waals surface area contributed by atoms with Gasteiger partial charge >= 0.3 is 6.09 Å². The molecular formula is C22H28N2O5. The third-order valence-electron chi connectivity index (χ3n) is 3.83. The molecule has 0 aliphatic carbocycles. The van der Waals surface area contributed by atoms with Crippen molar-refractivity contribution in [2.75, 3.05) is 6.61 Å². The van der Waals surface area contributed by atoms with E-state index < -0.39 is 30.3 Å². The van der Waals surface area contributed by atoms with E-state index in [0.29, 0.717) is 6.61 Å². The van der Waals surface area contributed by atoms with Crippen molar-refractivity contribution in [2.45, 2.75) is 45.6 Å². The van der Waals surface area contributed by atoms with Crippen LogP contribution in [0.1, 0.15) is 31.9 Å². The molecular weight excluding hydrogens is 372 g/mol. The van der Waals surface area contributed by atoms with Crippen LogP contribution in [0.4, 0.5) is 4.79 Å². The smallest absolute Gasteiger partial charge is 0.408 e. The predicted octanol–water partition coefficient (Wildman–Crippen LogP) is 2.77. The first-order chi connectivity index (χ1) is 13.8. The van der Waals surface area contributed by atoms with Gasteiger partial charge in [0.05, 0.1) is 6.61 Å². The van der Waals surface area contributed by atoms with Gasteiger partial charge in [0, 0.05) is 6.54 Å². The van der Waals surface area contributed by atoms with E-state index in [4.69, 9.17) is 9.47 Å². The number of benzene rings is 2. The number of hydrogen-bond donors (Lipinski definition) is 3. The minimum Gasteiger partial charge on any atom is -0.489 e. The summed E-state index contributed by atoms with van der Waals surface area (Å²) in [5, 5.41) is 14.4. The minimum absolute atomic E-state index is 0.254. The highest BCUT2D eigenvalue weighted by atomic mass is 16.6. The summed E-state index contributed by atoms with van der Waals surface area (Å²) in [6.07, 6.45) is -0.758. The quantitative estimate of drug-likeness (QED) is 0.633. The van der Waals surface area contributed by atoms with Gasteiger partial charge in [0.1, 0.15) is 24.0 Å². The first-order valence-corrected chi connectivity index (χ1v) is 9.40. The van der Waals surface area contributed by atoms with Crippen LogP contribution in [0.2, 0.25) is 0 Å². The molecule has 0 heterocycles. The average molecular weight is 400 g/mol. The molecule has 3 N–H and O–H groups in total. The lowest BCUT2D eigenvalue weighted by Gasteiger charge is -2.22. The van der Waals surface area contributed by atoms with E-state index in [1.165, 1.54) is 0 Å². The molecule has 0 bridgehead atoms. The lowest BCUT2D eigenvalue weighted by molar-refractivity contribution is -0.124. The van der Waals surface area contributed by atoms with Crippen LogP contribution in [0.15, 0.2) is 54.6 Å². The SMILES string of the molecule is CC(C)(C)OC(=O)N[C@H](CO)C(=O)NCc1ccc(OCc2ccccc2)cc1. The van der Waals surface area contributed by atoms with Crippen LogP contribution in [-0.2, 0) is 22.7 Å². The second-order valence-corrected chi connectivity index (χ2v) is 7.52. The molecule has 0 spiro atoms. The number of aliphatic hydroxyl groups is 1. The Kier molecular flexibility index (Phi) is 8.03. The molecule has 0 unspecified atom stereocenters. The van der Waals surface area contributed by atoms with E-state index in [9.17, 15) is 14.7 Å². The molecule has 0 fully saturated rings. The second-order valence-electron chi connectivity index (χ2n) is 7.52. The molecule has 0 aliphatic heterocycles. The Hall–Kier alpha value is -3.06. The van der Waals surface area contributed by atoms with Gasteiger partial charge in [0.25, 0.3) is 0 Å². The second kappa shape index (κ2) is 10.5. The van der Waals surface area contributed by atoms with Crippen LogP contribution in [0.25, 0.3) is 0 Å². The normalized spacial score (nSPS) is 12.0. The maximum Gasteiger partial charge on any atom is 0.408 e. The molecule has 0 aliphatic rings. The Morgan fingerprint density at radius 3 is 2.24 bits per heavy atom. The average Bonchev–Trinajstić information content (AvgIpc) is 2.69. The van der Waals surface area contributed by atoms with Crippen molar-refractivity contribution in [3.63, 3.8) is 0 Å². The van der Waals surface area contributed by atoms with E-state index >= 15 is 0 Å². The molecule has 2 amide bonds. The molecule has 2 aromatic rings. The van der Waals surface area contributed by atoms with Crippen LogP contribution >= 0.6 is 0 Å². The molecule has 156 valence electrons. The largest absolute Gasteiger partial charge is 0.489 e. The number of hydrogen-bond acceptors (Lipinski definition) is 5. The van der Waals surface area contributed by atoms with Crippen molar-refractivity contribution < 1.29 is 24.2 Å². The molecule has 0 saturated carbocycles. The summed E-state index contributed by atoms with van der Waals surface area (Å²) >= 11 is 0. The number of rotatable bonds is 8. The summed E-state index contributed by atoms with van der Waals surface area (Å²) in [6, 6.07) is 16.1. The lowest BCUT2D eigenvalue weighted by Crippen LogP contribution is -2.49. The lowest BCUT2D eigenvalue weighted by atomic mass is 10.2. The summed E-state index contributed by atoms with van der Waals surface area (Å²) < 4.78 is 10.8. The van der Waals surface area contributed by atoms with Crippen LogP contribution in [0.5, 0.6) is 5.75 Å². The highest BCUT2D eigenvalue weighted by Gasteiger charge is 2.23. The van der Waals surface area contributed by atoms with Gasteiger partial charge in [-0.05, 0) is 44.0 Å². The molecule has 1 atom stereocenters. The number of nitrogens with one attached hydrogen (secondary N) is 2. The third-order valence-corrected chi connectivity index (χ3v) is 3.83. The zero-order chi connectivity index (χ0) is 21.3. The van der Waals surface area contributed by atoms with Crippen molar-refractivity contribution in [1.82, 2.24) is 10.6 Å². The number of alkyl carbamates (subject to hydrolysis) is 1. The topological polar surface area (TPSA) is 96.9 Å². The molecule has 0 radical (unpaired) electrons. The van der Waals surface area contributed by atoms with Gasteiger partial charge in [0.2, 0.25) is 5.91 Å². The molecule has 29 heavy (non-hydrogen) atoms. The van der Waals surface area contributed by atoms with E-state index in [-0.39, 0.29) is 6.54 Å². The molecule has 2 aromatic carbocycles. The Bertz CT molecular complexity index is 785. The number of carbonyl (C=O) groups excluding carboxylic acids is 2. The summed E-state index contributed by atoms with van der Waals surface area (Å²) in [4.78, 5) is 24.0. The van der Waals surface area contributed by atoms with Crippen LogP contribution < -0.4 is 15.4 Å². The zero-order valence-electron chi connectivity index (χ0n) is 17.0. The monoisotopic (exact) mass is 400 g/mol. The first kappa shape index (κ1) is 22.2. The molecule has 0 aromatic heterocycles. The Morgan fingerprint density at radius 1 is 1.00 bits per heavy atom. The fraction of sp³-hybridized carbons (Fsp3) is 0.364. The summed E-state index contributed by atoms with van der Waals surface area (Å²) in [7, 11) is 0. The standard InChI is InChI=1S/C22H28N2O5/c1-22(2,3)29-21(27)24-19(14-25)20(26)23-13-16-9-11-18(12-10-16)28-15-17-7-5-4-6-8-17/h4-12,19,25H,13-15H2,1-3H3,(H,23,26)(H,24,27)/t19-/m1/s1. The molecule has 0 saturated heterocycles. The van der Waals surface area contributed by atoms with Gasteiger partial charge in [-0.25, -0.2) is 4.79 Å². The summed E-state index contributed by atoms with van der Waals surface area (Å²) in [5.41, 5.74) is 1.25. The summed E-state index contributed by atoms with van der Waals surface area (Å²) in [5.74, 6) is 0.228. The van der Waals surface area contributed by atoms with E-state index in [1.54, 1.807) is 20.8 Å². The van der Waals surface area contributed by atoms with E-state index in [1.807, 2.05) is 54.6 Å². The predicted molar refractivity (Wildman–Crippen MR) is 109 cm³/mol. The fourth-order valence-electron chi connectivity index (χ4n) is 2.40. The van der Waals surface area contributed by atoms with Crippen LogP contribution in [0.3, 0.4) is 0 Å². The first-order valence-electron chi connectivity index (χ1n) is 9.40. The maximum atomic E-state index is 12.2. The fourth-order valence-corrected chi connectivity index (χ4v) is 2.40. The van der Waals surface area contributed by atoms with E-state index in [0.717, 1.165) is 16.9 Å². The van der Waals surface area contributed by atoms with Gasteiger partial charge in [-0.15, -0.1) is 0 Å². The molecule has 2 rings (SSSR count). The highest BCUT2D eigenvalue weighted by molar-refractivity contribution is 5.85. The van der Waals surface area contributed by atoms with Crippen molar-refractivity contribution in [1.29, 1.82) is 0 Å². The Labute approximate surface area is 171 Å². The van der Waals surface area contributed by atoms with Gasteiger partial charge in [-0.2, -0.15) is 0 Å². The number of aliphatic hydroxyl groups excluding tert-OH is 1. The van der Waals surface area contributed by atoms with E-state index in [2.05, 4.69) is 10.6 Å². The Balaban J connectivity index is 1.80. The zero-order valence-corrected chi connectivity index (χ0v) is 17.0. The van der Waals surface area contributed by atoms with Crippen LogP contribution in [-0.4, -0.2) is 35.4 Å². The van der Waals surface area contributed by atoms with Crippen LogP contribution in [0, 0.1) is 0 Å². The summed E-state index contributed by atoms with van der Waals surface area (Å²) in [6.45, 7) is 5.35.